The van der Waals surface area contributed by atoms with Crippen LogP contribution in [0.2, 0.25) is 0 Å². The number of nitrogens with one attached hydrogen (secondary N) is 1. The SMILES string of the molecule is CCOc1ccc(C2c3c(-c4c(C)cc(C)cc4O)n[nH]c3C(=O)N2Cc2ccccc2)cc1OCC. The van der Waals surface area contributed by atoms with E-state index in [2.05, 4.69) is 10.2 Å². The molecule has 2 N–H and O–H groups in total. The fraction of sp³-hybridized carbons (Fsp3) is 0.267. The summed E-state index contributed by atoms with van der Waals surface area (Å²) in [7, 11) is 0. The molecule has 7 nitrogen and oxygen atoms in total. The molecule has 1 atom stereocenters. The van der Waals surface area contributed by atoms with Crippen LogP contribution in [0.15, 0.2) is 60.7 Å². The molecule has 0 spiro atoms. The van der Waals surface area contributed by atoms with Crippen molar-refractivity contribution in [1.82, 2.24) is 15.1 Å². The van der Waals surface area contributed by atoms with E-state index in [1.54, 1.807) is 6.07 Å². The normalized spacial score (nSPS) is 14.6. The van der Waals surface area contributed by atoms with Crippen molar-refractivity contribution >= 4 is 5.91 Å². The number of carbonyl (C=O) groups is 1. The highest BCUT2D eigenvalue weighted by Crippen LogP contribution is 2.47. The standard InChI is InChI=1S/C30H31N3O4/c1-5-36-23-13-12-21(16-24(23)37-6-2)29-26-27(25-19(4)14-18(3)15-22(25)34)31-32-28(26)30(35)33(29)17-20-10-8-7-9-11-20/h7-16,29,34H,5-6,17H2,1-4H3,(H,31,32). The van der Waals surface area contributed by atoms with Crippen LogP contribution in [0.4, 0.5) is 0 Å². The van der Waals surface area contributed by atoms with E-state index in [1.807, 2.05) is 87.2 Å². The van der Waals surface area contributed by atoms with E-state index in [0.29, 0.717) is 48.2 Å². The van der Waals surface area contributed by atoms with Crippen LogP contribution in [0.25, 0.3) is 11.3 Å². The summed E-state index contributed by atoms with van der Waals surface area (Å²) in [6.45, 7) is 9.17. The Bertz CT molecular complexity index is 1420. The van der Waals surface area contributed by atoms with Gasteiger partial charge in [-0.25, -0.2) is 0 Å². The molecule has 7 heteroatoms. The summed E-state index contributed by atoms with van der Waals surface area (Å²) in [6, 6.07) is 19.0. The van der Waals surface area contributed by atoms with Crippen LogP contribution in [0.3, 0.4) is 0 Å². The molecule has 1 aliphatic heterocycles. The van der Waals surface area contributed by atoms with Gasteiger partial charge in [-0.05, 0) is 68.1 Å². The second-order valence-electron chi connectivity index (χ2n) is 9.23. The molecule has 0 aliphatic carbocycles. The third kappa shape index (κ3) is 4.42. The number of benzene rings is 3. The molecule has 0 radical (unpaired) electrons. The van der Waals surface area contributed by atoms with E-state index in [0.717, 1.165) is 27.8 Å². The van der Waals surface area contributed by atoms with Crippen molar-refractivity contribution in [3.63, 3.8) is 0 Å². The van der Waals surface area contributed by atoms with E-state index >= 15 is 0 Å². The number of aryl methyl sites for hydroxylation is 2. The number of phenols is 1. The Morgan fingerprint density at radius 1 is 0.973 bits per heavy atom. The average Bonchev–Trinajstić information content (AvgIpc) is 3.40. The molecule has 1 unspecified atom stereocenters. The highest BCUT2D eigenvalue weighted by molar-refractivity contribution is 6.00. The first-order chi connectivity index (χ1) is 17.9. The smallest absolute Gasteiger partial charge is 0.273 e. The van der Waals surface area contributed by atoms with Gasteiger partial charge in [0.2, 0.25) is 0 Å². The molecule has 0 saturated carbocycles. The van der Waals surface area contributed by atoms with E-state index in [-0.39, 0.29) is 11.7 Å². The molecule has 2 heterocycles. The number of H-pyrrole nitrogens is 1. The molecule has 0 fully saturated rings. The van der Waals surface area contributed by atoms with Gasteiger partial charge in [-0.1, -0.05) is 42.5 Å². The molecule has 190 valence electrons. The Morgan fingerprint density at radius 2 is 1.70 bits per heavy atom. The first-order valence-electron chi connectivity index (χ1n) is 12.6. The Hall–Kier alpha value is -4.26. The monoisotopic (exact) mass is 497 g/mol. The number of hydrogen-bond donors (Lipinski definition) is 2. The molecule has 37 heavy (non-hydrogen) atoms. The first-order valence-corrected chi connectivity index (χ1v) is 12.6. The second-order valence-corrected chi connectivity index (χ2v) is 9.23. The summed E-state index contributed by atoms with van der Waals surface area (Å²) in [5, 5.41) is 18.4. The molecular formula is C30H31N3O4. The van der Waals surface area contributed by atoms with E-state index in [9.17, 15) is 9.90 Å². The van der Waals surface area contributed by atoms with Crippen molar-refractivity contribution in [3.8, 4) is 28.5 Å². The largest absolute Gasteiger partial charge is 0.507 e. The lowest BCUT2D eigenvalue weighted by Crippen LogP contribution is -2.29. The summed E-state index contributed by atoms with van der Waals surface area (Å²) < 4.78 is 11.7. The minimum absolute atomic E-state index is 0.140. The summed E-state index contributed by atoms with van der Waals surface area (Å²) in [5.74, 6) is 1.29. The maximum absolute atomic E-state index is 13.8. The minimum Gasteiger partial charge on any atom is -0.507 e. The Labute approximate surface area is 216 Å². The molecule has 0 saturated heterocycles. The maximum Gasteiger partial charge on any atom is 0.273 e. The third-order valence-corrected chi connectivity index (χ3v) is 6.64. The minimum atomic E-state index is -0.438. The van der Waals surface area contributed by atoms with E-state index < -0.39 is 6.04 Å². The first kappa shape index (κ1) is 24.4. The zero-order chi connectivity index (χ0) is 26.1. The zero-order valence-corrected chi connectivity index (χ0v) is 21.5. The molecule has 3 aromatic carbocycles. The van der Waals surface area contributed by atoms with Crippen LogP contribution in [0.1, 0.15) is 58.2 Å². The molecule has 0 bridgehead atoms. The van der Waals surface area contributed by atoms with E-state index in [4.69, 9.17) is 9.47 Å². The predicted molar refractivity (Wildman–Crippen MR) is 142 cm³/mol. The number of fused-ring (bicyclic) bond motifs is 1. The van der Waals surface area contributed by atoms with Crippen LogP contribution >= 0.6 is 0 Å². The Balaban J connectivity index is 1.69. The second kappa shape index (κ2) is 10.0. The van der Waals surface area contributed by atoms with Gasteiger partial charge < -0.3 is 19.5 Å². The van der Waals surface area contributed by atoms with Crippen molar-refractivity contribution in [2.75, 3.05) is 13.2 Å². The van der Waals surface area contributed by atoms with Gasteiger partial charge in [-0.3, -0.25) is 9.89 Å². The van der Waals surface area contributed by atoms with Crippen molar-refractivity contribution in [1.29, 1.82) is 0 Å². The molecule has 5 rings (SSSR count). The number of nitrogens with zero attached hydrogens (tertiary/aromatic N) is 2. The number of aromatic hydroxyl groups is 1. The number of aromatic nitrogens is 2. The van der Waals surface area contributed by atoms with E-state index in [1.165, 1.54) is 0 Å². The number of ether oxygens (including phenoxy) is 2. The van der Waals surface area contributed by atoms with Crippen LogP contribution in [-0.4, -0.2) is 39.3 Å². The fourth-order valence-corrected chi connectivity index (χ4v) is 5.17. The molecule has 4 aromatic rings. The highest BCUT2D eigenvalue weighted by Gasteiger charge is 2.43. The topological polar surface area (TPSA) is 87.7 Å². The Morgan fingerprint density at radius 3 is 2.41 bits per heavy atom. The van der Waals surface area contributed by atoms with Gasteiger partial charge in [0.1, 0.15) is 17.1 Å². The summed E-state index contributed by atoms with van der Waals surface area (Å²) in [6.07, 6.45) is 0. The lowest BCUT2D eigenvalue weighted by atomic mass is 9.93. The van der Waals surface area contributed by atoms with Gasteiger partial charge in [-0.15, -0.1) is 0 Å². The fourth-order valence-electron chi connectivity index (χ4n) is 5.17. The lowest BCUT2D eigenvalue weighted by Gasteiger charge is -2.27. The van der Waals surface area contributed by atoms with Crippen molar-refractivity contribution in [2.45, 2.75) is 40.3 Å². The van der Waals surface area contributed by atoms with Gasteiger partial charge in [0.05, 0.1) is 19.3 Å². The van der Waals surface area contributed by atoms with Crippen LogP contribution in [0, 0.1) is 13.8 Å². The van der Waals surface area contributed by atoms with Crippen molar-refractivity contribution in [3.05, 3.63) is 94.2 Å². The number of amides is 1. The van der Waals surface area contributed by atoms with Crippen LogP contribution in [0.5, 0.6) is 17.2 Å². The average molecular weight is 498 g/mol. The van der Waals surface area contributed by atoms with Gasteiger partial charge in [0.25, 0.3) is 5.91 Å². The maximum atomic E-state index is 13.8. The lowest BCUT2D eigenvalue weighted by molar-refractivity contribution is 0.0730. The summed E-state index contributed by atoms with van der Waals surface area (Å²) in [5.41, 5.74) is 6.12. The molecule has 1 aliphatic rings. The molecule has 1 amide bonds. The van der Waals surface area contributed by atoms with Gasteiger partial charge in [-0.2, -0.15) is 5.10 Å². The van der Waals surface area contributed by atoms with Crippen molar-refractivity contribution in [2.24, 2.45) is 0 Å². The summed E-state index contributed by atoms with van der Waals surface area (Å²) in [4.78, 5) is 15.6. The third-order valence-electron chi connectivity index (χ3n) is 6.64. The predicted octanol–water partition coefficient (Wildman–Crippen LogP) is 5.94. The Kier molecular flexibility index (Phi) is 6.61. The summed E-state index contributed by atoms with van der Waals surface area (Å²) >= 11 is 0. The number of carbonyl (C=O) groups excluding carboxylic acids is 1. The van der Waals surface area contributed by atoms with Gasteiger partial charge in [0.15, 0.2) is 11.5 Å². The molecule has 1 aromatic heterocycles. The van der Waals surface area contributed by atoms with Crippen LogP contribution < -0.4 is 9.47 Å². The van der Waals surface area contributed by atoms with Gasteiger partial charge in [0, 0.05) is 17.7 Å². The number of aromatic amines is 1. The van der Waals surface area contributed by atoms with Crippen LogP contribution in [-0.2, 0) is 6.54 Å². The van der Waals surface area contributed by atoms with Crippen molar-refractivity contribution < 1.29 is 19.4 Å². The number of hydrogen-bond acceptors (Lipinski definition) is 5. The highest BCUT2D eigenvalue weighted by atomic mass is 16.5. The van der Waals surface area contributed by atoms with Gasteiger partial charge >= 0.3 is 0 Å². The quantitative estimate of drug-likeness (QED) is 0.314. The molecular weight excluding hydrogens is 466 g/mol. The zero-order valence-electron chi connectivity index (χ0n) is 21.5. The number of rotatable bonds is 8. The number of phenolic OH excluding ortho intramolecular Hbond substituents is 1.